The number of benzene rings is 1. The monoisotopic (exact) mass is 270 g/mol. The SMILES string of the molecule is CN1C(=O)CCC([N+](=O)[O-])C1c1cc(F)ccc1F. The van der Waals surface area contributed by atoms with Gasteiger partial charge in [-0.15, -0.1) is 0 Å². The van der Waals surface area contributed by atoms with Gasteiger partial charge in [-0.25, -0.2) is 8.78 Å². The molecule has 102 valence electrons. The van der Waals surface area contributed by atoms with Gasteiger partial charge in [0.2, 0.25) is 11.9 Å². The van der Waals surface area contributed by atoms with Crippen LogP contribution < -0.4 is 0 Å². The van der Waals surface area contributed by atoms with Crippen LogP contribution in [-0.2, 0) is 4.79 Å². The molecule has 0 spiro atoms. The first kappa shape index (κ1) is 13.4. The van der Waals surface area contributed by atoms with E-state index in [-0.39, 0.29) is 24.3 Å². The van der Waals surface area contributed by atoms with Gasteiger partial charge < -0.3 is 4.90 Å². The Bertz CT molecular complexity index is 536. The number of piperidine rings is 1. The highest BCUT2D eigenvalue weighted by Crippen LogP contribution is 2.34. The molecule has 5 nitrogen and oxygen atoms in total. The molecule has 2 rings (SSSR count). The number of hydrogen-bond donors (Lipinski definition) is 0. The number of carbonyl (C=O) groups is 1. The van der Waals surface area contributed by atoms with E-state index in [1.54, 1.807) is 0 Å². The molecule has 1 aromatic rings. The molecule has 2 atom stereocenters. The van der Waals surface area contributed by atoms with Crippen LogP contribution in [0.4, 0.5) is 8.78 Å². The van der Waals surface area contributed by atoms with Crippen LogP contribution >= 0.6 is 0 Å². The van der Waals surface area contributed by atoms with Gasteiger partial charge in [-0.05, 0) is 18.2 Å². The molecule has 1 aliphatic heterocycles. The van der Waals surface area contributed by atoms with E-state index in [0.717, 1.165) is 23.1 Å². The van der Waals surface area contributed by atoms with Crippen molar-refractivity contribution in [2.75, 3.05) is 7.05 Å². The Balaban J connectivity index is 2.49. The summed E-state index contributed by atoms with van der Waals surface area (Å²) in [7, 11) is 1.37. The molecular formula is C12H12F2N2O3. The van der Waals surface area contributed by atoms with Crippen LogP contribution in [0.25, 0.3) is 0 Å². The Kier molecular flexibility index (Phi) is 3.46. The fraction of sp³-hybridized carbons (Fsp3) is 0.417. The molecule has 0 saturated carbocycles. The summed E-state index contributed by atoms with van der Waals surface area (Å²) in [5.74, 6) is -1.75. The van der Waals surface area contributed by atoms with Gasteiger partial charge in [0.15, 0.2) is 0 Å². The normalized spacial score (nSPS) is 23.5. The number of hydrogen-bond acceptors (Lipinski definition) is 3. The van der Waals surface area contributed by atoms with E-state index in [0.29, 0.717) is 0 Å². The number of nitrogens with zero attached hydrogens (tertiary/aromatic N) is 2. The second kappa shape index (κ2) is 4.91. The van der Waals surface area contributed by atoms with Crippen LogP contribution in [0, 0.1) is 21.7 Å². The van der Waals surface area contributed by atoms with Crippen molar-refractivity contribution in [3.05, 3.63) is 45.5 Å². The summed E-state index contributed by atoms with van der Waals surface area (Å²) in [4.78, 5) is 23.2. The number of rotatable bonds is 2. The van der Waals surface area contributed by atoms with E-state index in [1.807, 2.05) is 0 Å². The Hall–Kier alpha value is -2.05. The van der Waals surface area contributed by atoms with Gasteiger partial charge in [-0.1, -0.05) is 0 Å². The Morgan fingerprint density at radius 1 is 1.42 bits per heavy atom. The second-order valence-electron chi connectivity index (χ2n) is 4.51. The van der Waals surface area contributed by atoms with E-state index in [4.69, 9.17) is 0 Å². The topological polar surface area (TPSA) is 63.5 Å². The molecule has 2 unspecified atom stereocenters. The molecule has 0 aromatic heterocycles. The van der Waals surface area contributed by atoms with Crippen molar-refractivity contribution in [3.8, 4) is 0 Å². The lowest BCUT2D eigenvalue weighted by Gasteiger charge is -2.34. The minimum Gasteiger partial charge on any atom is -0.332 e. The summed E-state index contributed by atoms with van der Waals surface area (Å²) >= 11 is 0. The van der Waals surface area contributed by atoms with Crippen molar-refractivity contribution < 1.29 is 18.5 Å². The molecule has 0 aliphatic carbocycles. The molecule has 7 heteroatoms. The minimum absolute atomic E-state index is 0.0246. The number of amides is 1. The van der Waals surface area contributed by atoms with Gasteiger partial charge in [0, 0.05) is 30.4 Å². The molecule has 0 N–H and O–H groups in total. The molecular weight excluding hydrogens is 258 g/mol. The maximum atomic E-state index is 13.8. The predicted molar refractivity (Wildman–Crippen MR) is 61.9 cm³/mol. The van der Waals surface area contributed by atoms with Crippen LogP contribution in [0.1, 0.15) is 24.4 Å². The van der Waals surface area contributed by atoms with Crippen molar-refractivity contribution in [2.45, 2.75) is 24.9 Å². The molecule has 1 amide bonds. The van der Waals surface area contributed by atoms with Crippen molar-refractivity contribution in [3.63, 3.8) is 0 Å². The van der Waals surface area contributed by atoms with Crippen LogP contribution in [0.15, 0.2) is 18.2 Å². The number of likely N-dealkylation sites (N-methyl/N-ethyl adjacent to an activating group) is 1. The van der Waals surface area contributed by atoms with Gasteiger partial charge in [0.25, 0.3) is 0 Å². The third-order valence-electron chi connectivity index (χ3n) is 3.38. The first-order valence-electron chi connectivity index (χ1n) is 5.76. The summed E-state index contributed by atoms with van der Waals surface area (Å²) < 4.78 is 27.0. The summed E-state index contributed by atoms with van der Waals surface area (Å²) in [6, 6.07) is 0.552. The first-order valence-corrected chi connectivity index (χ1v) is 5.76. The summed E-state index contributed by atoms with van der Waals surface area (Å²) in [5.41, 5.74) is -0.155. The van der Waals surface area contributed by atoms with E-state index < -0.39 is 28.6 Å². The molecule has 1 aromatic carbocycles. The smallest absolute Gasteiger partial charge is 0.237 e. The van der Waals surface area contributed by atoms with E-state index in [2.05, 4.69) is 0 Å². The highest BCUT2D eigenvalue weighted by atomic mass is 19.1. The molecule has 0 radical (unpaired) electrons. The standard InChI is InChI=1S/C12H12F2N2O3/c1-15-11(17)5-4-10(16(18)19)12(15)8-6-7(13)2-3-9(8)14/h2-3,6,10,12H,4-5H2,1H3. The van der Waals surface area contributed by atoms with Gasteiger partial charge >= 0.3 is 0 Å². The largest absolute Gasteiger partial charge is 0.332 e. The van der Waals surface area contributed by atoms with Gasteiger partial charge in [0.05, 0.1) is 0 Å². The maximum absolute atomic E-state index is 13.8. The zero-order valence-corrected chi connectivity index (χ0v) is 10.2. The second-order valence-corrected chi connectivity index (χ2v) is 4.51. The van der Waals surface area contributed by atoms with E-state index in [1.165, 1.54) is 7.05 Å². The fourth-order valence-electron chi connectivity index (χ4n) is 2.40. The predicted octanol–water partition coefficient (Wildman–Crippen LogP) is 1.90. The number of halogens is 2. The van der Waals surface area contributed by atoms with Crippen LogP contribution in [-0.4, -0.2) is 28.8 Å². The lowest BCUT2D eigenvalue weighted by atomic mass is 9.90. The minimum atomic E-state index is -1.13. The lowest BCUT2D eigenvalue weighted by Crippen LogP contribution is -2.46. The molecule has 1 fully saturated rings. The summed E-state index contributed by atoms with van der Waals surface area (Å²) in [6.07, 6.45) is 0.0619. The maximum Gasteiger partial charge on any atom is 0.237 e. The quantitative estimate of drug-likeness (QED) is 0.609. The Morgan fingerprint density at radius 3 is 2.74 bits per heavy atom. The van der Waals surface area contributed by atoms with Crippen molar-refractivity contribution in [2.24, 2.45) is 0 Å². The van der Waals surface area contributed by atoms with Crippen LogP contribution in [0.2, 0.25) is 0 Å². The Labute approximate surface area is 108 Å². The molecule has 1 heterocycles. The van der Waals surface area contributed by atoms with Crippen molar-refractivity contribution >= 4 is 5.91 Å². The highest BCUT2D eigenvalue weighted by molar-refractivity contribution is 5.77. The molecule has 1 aliphatic rings. The number of likely N-dealkylation sites (tertiary alicyclic amines) is 1. The third kappa shape index (κ3) is 2.40. The first-order chi connectivity index (χ1) is 8.91. The zero-order valence-electron chi connectivity index (χ0n) is 10.2. The van der Waals surface area contributed by atoms with E-state index >= 15 is 0 Å². The summed E-state index contributed by atoms with van der Waals surface area (Å²) in [5, 5.41) is 11.0. The zero-order chi connectivity index (χ0) is 14.2. The number of nitro groups is 1. The number of carbonyl (C=O) groups excluding carboxylic acids is 1. The average Bonchev–Trinajstić information content (AvgIpc) is 2.35. The van der Waals surface area contributed by atoms with Crippen LogP contribution in [0.5, 0.6) is 0 Å². The van der Waals surface area contributed by atoms with Gasteiger partial charge in [-0.3, -0.25) is 14.9 Å². The van der Waals surface area contributed by atoms with Gasteiger partial charge in [0.1, 0.15) is 17.7 Å². The average molecular weight is 270 g/mol. The highest BCUT2D eigenvalue weighted by Gasteiger charge is 2.43. The fourth-order valence-corrected chi connectivity index (χ4v) is 2.40. The Morgan fingerprint density at radius 2 is 2.11 bits per heavy atom. The van der Waals surface area contributed by atoms with E-state index in [9.17, 15) is 23.7 Å². The van der Waals surface area contributed by atoms with Gasteiger partial charge in [-0.2, -0.15) is 0 Å². The molecule has 0 bridgehead atoms. The lowest BCUT2D eigenvalue weighted by molar-refractivity contribution is -0.533. The molecule has 19 heavy (non-hydrogen) atoms. The van der Waals surface area contributed by atoms with Crippen molar-refractivity contribution in [1.29, 1.82) is 0 Å². The van der Waals surface area contributed by atoms with Crippen LogP contribution in [0.3, 0.4) is 0 Å². The van der Waals surface area contributed by atoms with Crippen molar-refractivity contribution in [1.82, 2.24) is 4.90 Å². The summed E-state index contributed by atoms with van der Waals surface area (Å²) in [6.45, 7) is 0. The third-order valence-corrected chi connectivity index (χ3v) is 3.38. The molecule has 1 saturated heterocycles.